The molecule has 0 aliphatic rings. The highest BCUT2D eigenvalue weighted by Gasteiger charge is 2.10. The molecule has 0 bridgehead atoms. The average molecular weight is 292 g/mol. The van der Waals surface area contributed by atoms with Crippen molar-refractivity contribution >= 4 is 38.5 Å². The van der Waals surface area contributed by atoms with Crippen LogP contribution in [-0.4, -0.2) is 29.9 Å². The Balaban J connectivity index is 2.21. The maximum atomic E-state index is 11.8. The van der Waals surface area contributed by atoms with E-state index in [0.717, 1.165) is 10.2 Å². The standard InChI is InChI=1S/C13H16N4O2S/c1-2-11(18)17-13-16-9-4-3-8(7-10(9)20-13)12(19)15-6-5-14/h3-4,7H,2,5-6,14H2,1H3,(H,15,19)(H,16,17,18). The van der Waals surface area contributed by atoms with Crippen LogP contribution in [0, 0.1) is 0 Å². The monoisotopic (exact) mass is 292 g/mol. The molecule has 1 aromatic heterocycles. The lowest BCUT2D eigenvalue weighted by molar-refractivity contribution is -0.115. The fraction of sp³-hybridized carbons (Fsp3) is 0.308. The fourth-order valence-electron chi connectivity index (χ4n) is 1.61. The van der Waals surface area contributed by atoms with E-state index in [0.29, 0.717) is 30.2 Å². The number of nitrogens with zero attached hydrogens (tertiary/aromatic N) is 1. The molecule has 0 atom stereocenters. The predicted octanol–water partition coefficient (Wildman–Crippen LogP) is 1.33. The third-order valence-corrected chi connectivity index (χ3v) is 3.58. The zero-order valence-electron chi connectivity index (χ0n) is 11.1. The van der Waals surface area contributed by atoms with Crippen molar-refractivity contribution in [3.63, 3.8) is 0 Å². The van der Waals surface area contributed by atoms with Gasteiger partial charge in [0, 0.05) is 25.1 Å². The van der Waals surface area contributed by atoms with Crippen LogP contribution in [0.25, 0.3) is 10.2 Å². The summed E-state index contributed by atoms with van der Waals surface area (Å²) in [5.41, 5.74) is 6.66. The van der Waals surface area contributed by atoms with Crippen LogP contribution in [0.2, 0.25) is 0 Å². The molecule has 0 aliphatic heterocycles. The summed E-state index contributed by atoms with van der Waals surface area (Å²) in [4.78, 5) is 27.5. The lowest BCUT2D eigenvalue weighted by atomic mass is 10.2. The number of thiazole rings is 1. The second kappa shape index (κ2) is 6.44. The van der Waals surface area contributed by atoms with Crippen LogP contribution in [0.1, 0.15) is 23.7 Å². The Morgan fingerprint density at radius 2 is 2.20 bits per heavy atom. The number of rotatable bonds is 5. The van der Waals surface area contributed by atoms with Gasteiger partial charge in [0.1, 0.15) is 0 Å². The van der Waals surface area contributed by atoms with Crippen molar-refractivity contribution in [3.05, 3.63) is 23.8 Å². The van der Waals surface area contributed by atoms with Gasteiger partial charge in [-0.05, 0) is 18.2 Å². The van der Waals surface area contributed by atoms with E-state index in [9.17, 15) is 9.59 Å². The molecule has 106 valence electrons. The zero-order chi connectivity index (χ0) is 14.5. The number of carbonyl (C=O) groups excluding carboxylic acids is 2. The Morgan fingerprint density at radius 1 is 1.40 bits per heavy atom. The first-order valence-corrected chi connectivity index (χ1v) is 7.14. The Kier molecular flexibility index (Phi) is 4.65. The predicted molar refractivity (Wildman–Crippen MR) is 79.9 cm³/mol. The quantitative estimate of drug-likeness (QED) is 0.774. The molecule has 4 N–H and O–H groups in total. The van der Waals surface area contributed by atoms with Crippen LogP contribution in [0.3, 0.4) is 0 Å². The fourth-order valence-corrected chi connectivity index (χ4v) is 2.54. The van der Waals surface area contributed by atoms with Crippen molar-refractivity contribution in [1.82, 2.24) is 10.3 Å². The summed E-state index contributed by atoms with van der Waals surface area (Å²) in [6, 6.07) is 5.24. The highest BCUT2D eigenvalue weighted by atomic mass is 32.1. The summed E-state index contributed by atoms with van der Waals surface area (Å²) in [6.45, 7) is 2.63. The van der Waals surface area contributed by atoms with E-state index in [1.54, 1.807) is 25.1 Å². The molecule has 0 spiro atoms. The van der Waals surface area contributed by atoms with Crippen LogP contribution in [-0.2, 0) is 4.79 Å². The molecular formula is C13H16N4O2S. The number of amides is 2. The van der Waals surface area contributed by atoms with Gasteiger partial charge in [-0.3, -0.25) is 9.59 Å². The van der Waals surface area contributed by atoms with E-state index in [4.69, 9.17) is 5.73 Å². The molecule has 2 rings (SSSR count). The van der Waals surface area contributed by atoms with Crippen molar-refractivity contribution in [2.75, 3.05) is 18.4 Å². The summed E-state index contributed by atoms with van der Waals surface area (Å²) in [7, 11) is 0. The summed E-state index contributed by atoms with van der Waals surface area (Å²) in [5, 5.41) is 5.97. The Morgan fingerprint density at radius 3 is 2.90 bits per heavy atom. The van der Waals surface area contributed by atoms with Crippen LogP contribution < -0.4 is 16.4 Å². The number of hydrogen-bond donors (Lipinski definition) is 3. The highest BCUT2D eigenvalue weighted by molar-refractivity contribution is 7.22. The number of carbonyl (C=O) groups is 2. The van der Waals surface area contributed by atoms with Crippen molar-refractivity contribution in [2.45, 2.75) is 13.3 Å². The van der Waals surface area contributed by atoms with Crippen LogP contribution >= 0.6 is 11.3 Å². The molecule has 6 nitrogen and oxygen atoms in total. The van der Waals surface area contributed by atoms with E-state index < -0.39 is 0 Å². The minimum Gasteiger partial charge on any atom is -0.351 e. The minimum atomic E-state index is -0.162. The molecule has 2 aromatic rings. The highest BCUT2D eigenvalue weighted by Crippen LogP contribution is 2.26. The first kappa shape index (κ1) is 14.4. The Labute approximate surface area is 120 Å². The van der Waals surface area contributed by atoms with E-state index in [-0.39, 0.29) is 11.8 Å². The van der Waals surface area contributed by atoms with Crippen LogP contribution in [0.5, 0.6) is 0 Å². The smallest absolute Gasteiger partial charge is 0.251 e. The summed E-state index contributed by atoms with van der Waals surface area (Å²) in [5.74, 6) is -0.241. The van der Waals surface area contributed by atoms with E-state index in [2.05, 4.69) is 15.6 Å². The van der Waals surface area contributed by atoms with Gasteiger partial charge < -0.3 is 16.4 Å². The maximum Gasteiger partial charge on any atom is 0.251 e. The molecule has 1 aromatic carbocycles. The second-order valence-electron chi connectivity index (χ2n) is 4.15. The second-order valence-corrected chi connectivity index (χ2v) is 5.18. The molecule has 0 radical (unpaired) electrons. The topological polar surface area (TPSA) is 97.1 Å². The molecule has 1 heterocycles. The SMILES string of the molecule is CCC(=O)Nc1nc2ccc(C(=O)NCCN)cc2s1. The van der Waals surface area contributed by atoms with E-state index in [1.165, 1.54) is 11.3 Å². The van der Waals surface area contributed by atoms with Gasteiger partial charge in [-0.25, -0.2) is 4.98 Å². The molecule has 0 saturated carbocycles. The number of nitrogens with two attached hydrogens (primary N) is 1. The molecular weight excluding hydrogens is 276 g/mol. The molecule has 0 fully saturated rings. The van der Waals surface area contributed by atoms with Crippen LogP contribution in [0.15, 0.2) is 18.2 Å². The van der Waals surface area contributed by atoms with E-state index >= 15 is 0 Å². The molecule has 7 heteroatoms. The lowest BCUT2D eigenvalue weighted by Crippen LogP contribution is -2.28. The van der Waals surface area contributed by atoms with Gasteiger partial charge in [0.2, 0.25) is 5.91 Å². The van der Waals surface area contributed by atoms with E-state index in [1.807, 2.05) is 0 Å². The number of fused-ring (bicyclic) bond motifs is 1. The third kappa shape index (κ3) is 3.31. The van der Waals surface area contributed by atoms with Crippen LogP contribution in [0.4, 0.5) is 5.13 Å². The summed E-state index contributed by atoms with van der Waals surface area (Å²) in [6.07, 6.45) is 0.405. The zero-order valence-corrected chi connectivity index (χ0v) is 11.9. The van der Waals surface area contributed by atoms with Gasteiger partial charge in [0.15, 0.2) is 5.13 Å². The van der Waals surface area contributed by atoms with Crippen molar-refractivity contribution < 1.29 is 9.59 Å². The van der Waals surface area contributed by atoms with Gasteiger partial charge in [0.05, 0.1) is 10.2 Å². The Bertz CT molecular complexity index is 638. The molecule has 2 amide bonds. The van der Waals surface area contributed by atoms with Gasteiger partial charge in [0.25, 0.3) is 5.91 Å². The summed E-state index contributed by atoms with van der Waals surface area (Å²) >= 11 is 1.35. The van der Waals surface area contributed by atoms with Crippen molar-refractivity contribution in [2.24, 2.45) is 5.73 Å². The minimum absolute atomic E-state index is 0.0787. The number of nitrogens with one attached hydrogen (secondary N) is 2. The molecule has 0 saturated heterocycles. The van der Waals surface area contributed by atoms with Gasteiger partial charge in [-0.2, -0.15) is 0 Å². The largest absolute Gasteiger partial charge is 0.351 e. The lowest BCUT2D eigenvalue weighted by Gasteiger charge is -2.02. The maximum absolute atomic E-state index is 11.8. The molecule has 0 unspecified atom stereocenters. The number of anilines is 1. The summed E-state index contributed by atoms with van der Waals surface area (Å²) < 4.78 is 0.858. The molecule has 0 aliphatic carbocycles. The normalized spacial score (nSPS) is 10.5. The van der Waals surface area contributed by atoms with Gasteiger partial charge >= 0.3 is 0 Å². The van der Waals surface area contributed by atoms with Gasteiger partial charge in [-0.1, -0.05) is 18.3 Å². The Hall–Kier alpha value is -1.99. The number of benzene rings is 1. The number of hydrogen-bond acceptors (Lipinski definition) is 5. The average Bonchev–Trinajstić information content (AvgIpc) is 2.85. The van der Waals surface area contributed by atoms with Crippen molar-refractivity contribution in [1.29, 1.82) is 0 Å². The number of aromatic nitrogens is 1. The first-order chi connectivity index (χ1) is 9.63. The van der Waals surface area contributed by atoms with Gasteiger partial charge in [-0.15, -0.1) is 0 Å². The third-order valence-electron chi connectivity index (χ3n) is 2.65. The molecule has 20 heavy (non-hydrogen) atoms. The first-order valence-electron chi connectivity index (χ1n) is 6.32. The van der Waals surface area contributed by atoms with Crippen molar-refractivity contribution in [3.8, 4) is 0 Å².